The lowest BCUT2D eigenvalue weighted by Crippen LogP contribution is -2.45. The zero-order chi connectivity index (χ0) is 32.6. The van der Waals surface area contributed by atoms with Crippen molar-refractivity contribution < 1.29 is 29.3 Å². The normalized spacial score (nSPS) is 23.6. The van der Waals surface area contributed by atoms with E-state index in [0.717, 1.165) is 59.4 Å². The Bertz CT molecular complexity index is 1470. The first kappa shape index (κ1) is 33.3. The minimum Gasteiger partial charge on any atom is -0.481 e. The van der Waals surface area contributed by atoms with Gasteiger partial charge in [0.25, 0.3) is 0 Å². The zero-order valence-corrected chi connectivity index (χ0v) is 27.1. The highest BCUT2D eigenvalue weighted by Gasteiger charge is 2.36. The first-order valence-electron chi connectivity index (χ1n) is 17.1. The fourth-order valence-corrected chi connectivity index (χ4v) is 7.18. The SMILES string of the molecule is O=C(O)CCC(=O)NCc1ccccc1-c1ccc([C@H]2O[C@@H](CN3CCC[C@H]3CN3CCCC3)C[C@@H](c3ccc(CO)cc3)O2)cc1. The number of carbonyl (C=O) groups excluding carboxylic acids is 1. The summed E-state index contributed by atoms with van der Waals surface area (Å²) in [7, 11) is 0. The summed E-state index contributed by atoms with van der Waals surface area (Å²) in [6.07, 6.45) is 4.99. The molecular weight excluding hydrogens is 594 g/mol. The summed E-state index contributed by atoms with van der Waals surface area (Å²) in [5.74, 6) is -1.27. The first-order valence-corrected chi connectivity index (χ1v) is 17.1. The Morgan fingerprint density at radius 1 is 0.830 bits per heavy atom. The predicted molar refractivity (Wildman–Crippen MR) is 179 cm³/mol. The summed E-state index contributed by atoms with van der Waals surface area (Å²) in [5, 5.41) is 21.3. The molecule has 6 rings (SSSR count). The van der Waals surface area contributed by atoms with Crippen LogP contribution in [0.2, 0.25) is 0 Å². The van der Waals surface area contributed by atoms with Gasteiger partial charge in [0.2, 0.25) is 5.91 Å². The molecule has 0 radical (unpaired) electrons. The maximum atomic E-state index is 12.2. The van der Waals surface area contributed by atoms with Crippen molar-refractivity contribution in [2.75, 3.05) is 32.7 Å². The van der Waals surface area contributed by atoms with Gasteiger partial charge in [0.15, 0.2) is 6.29 Å². The molecule has 9 nitrogen and oxygen atoms in total. The lowest BCUT2D eigenvalue weighted by Gasteiger charge is -2.39. The molecular formula is C38H47N3O6. The fourth-order valence-electron chi connectivity index (χ4n) is 7.18. The number of aliphatic hydroxyl groups excluding tert-OH is 1. The van der Waals surface area contributed by atoms with Gasteiger partial charge in [-0.25, -0.2) is 0 Å². The van der Waals surface area contributed by atoms with Crippen LogP contribution < -0.4 is 5.32 Å². The molecule has 3 aliphatic rings. The van der Waals surface area contributed by atoms with Crippen LogP contribution in [0.4, 0.5) is 0 Å². The van der Waals surface area contributed by atoms with Crippen LogP contribution in [0.25, 0.3) is 11.1 Å². The van der Waals surface area contributed by atoms with E-state index >= 15 is 0 Å². The number of amides is 1. The Morgan fingerprint density at radius 3 is 2.32 bits per heavy atom. The number of hydrogen-bond donors (Lipinski definition) is 3. The summed E-state index contributed by atoms with van der Waals surface area (Å²) in [6.45, 7) is 5.90. The van der Waals surface area contributed by atoms with E-state index in [1.807, 2.05) is 36.4 Å². The van der Waals surface area contributed by atoms with Crippen molar-refractivity contribution in [3.05, 3.63) is 95.1 Å². The van der Waals surface area contributed by atoms with Crippen molar-refractivity contribution in [3.8, 4) is 11.1 Å². The van der Waals surface area contributed by atoms with Gasteiger partial charge >= 0.3 is 5.97 Å². The van der Waals surface area contributed by atoms with Crippen LogP contribution in [0.1, 0.15) is 79.6 Å². The zero-order valence-electron chi connectivity index (χ0n) is 27.1. The number of aliphatic hydroxyl groups is 1. The molecule has 3 fully saturated rings. The topological polar surface area (TPSA) is 112 Å². The van der Waals surface area contributed by atoms with Gasteiger partial charge in [-0.1, -0.05) is 72.8 Å². The Hall–Kier alpha value is -3.60. The standard InChI is InChI=1S/C38H47N3O6/c42-26-27-9-11-29(12-10-27)35-22-33(25-41-21-5-7-32(41)24-40-19-3-4-20-40)46-38(47-35)30-15-13-28(14-16-30)34-8-2-1-6-31(34)23-39-36(43)17-18-37(44)45/h1-2,6,8-16,32-33,35,38,42H,3-5,7,17-26H2,(H,39,43)(H,44,45)/t32-,33+,35-,38-/m0/s1. The molecule has 0 saturated carbocycles. The second-order valence-corrected chi connectivity index (χ2v) is 13.1. The van der Waals surface area contributed by atoms with E-state index in [4.69, 9.17) is 14.6 Å². The van der Waals surface area contributed by atoms with Crippen LogP contribution in [-0.4, -0.2) is 76.8 Å². The molecule has 3 aliphatic heterocycles. The van der Waals surface area contributed by atoms with Crippen LogP contribution in [0.5, 0.6) is 0 Å². The van der Waals surface area contributed by atoms with Gasteiger partial charge in [-0.2, -0.15) is 0 Å². The summed E-state index contributed by atoms with van der Waals surface area (Å²) >= 11 is 0. The number of carboxylic acid groups (broad SMARTS) is 1. The highest BCUT2D eigenvalue weighted by Crippen LogP contribution is 2.39. The molecule has 0 aromatic heterocycles. The lowest BCUT2D eigenvalue weighted by atomic mass is 9.97. The Balaban J connectivity index is 1.17. The highest BCUT2D eigenvalue weighted by molar-refractivity contribution is 5.80. The summed E-state index contributed by atoms with van der Waals surface area (Å²) < 4.78 is 13.4. The minimum absolute atomic E-state index is 0.0140. The molecule has 3 aromatic carbocycles. The van der Waals surface area contributed by atoms with Gasteiger partial charge in [0, 0.05) is 44.1 Å². The highest BCUT2D eigenvalue weighted by atomic mass is 16.7. The van der Waals surface area contributed by atoms with E-state index in [1.165, 1.54) is 38.8 Å². The number of carboxylic acids is 1. The molecule has 0 unspecified atom stereocenters. The second kappa shape index (κ2) is 16.0. The van der Waals surface area contributed by atoms with Crippen molar-refractivity contribution in [3.63, 3.8) is 0 Å². The lowest BCUT2D eigenvalue weighted by molar-refractivity contribution is -0.253. The monoisotopic (exact) mass is 641 g/mol. The summed E-state index contributed by atoms with van der Waals surface area (Å²) in [5.41, 5.74) is 5.88. The van der Waals surface area contributed by atoms with E-state index in [0.29, 0.717) is 12.6 Å². The molecule has 47 heavy (non-hydrogen) atoms. The Morgan fingerprint density at radius 2 is 1.57 bits per heavy atom. The van der Waals surface area contributed by atoms with Crippen molar-refractivity contribution in [2.24, 2.45) is 0 Å². The molecule has 3 N–H and O–H groups in total. The summed E-state index contributed by atoms with van der Waals surface area (Å²) in [6, 6.07) is 24.8. The summed E-state index contributed by atoms with van der Waals surface area (Å²) in [4.78, 5) is 28.2. The van der Waals surface area contributed by atoms with Crippen molar-refractivity contribution in [1.29, 1.82) is 0 Å². The third kappa shape index (κ3) is 8.86. The Labute approximate surface area is 277 Å². The van der Waals surface area contributed by atoms with Crippen molar-refractivity contribution >= 4 is 11.9 Å². The molecule has 3 aromatic rings. The van der Waals surface area contributed by atoms with E-state index in [-0.39, 0.29) is 37.6 Å². The first-order chi connectivity index (χ1) is 22.9. The molecule has 1 amide bonds. The predicted octanol–water partition coefficient (Wildman–Crippen LogP) is 5.43. The van der Waals surface area contributed by atoms with Gasteiger partial charge in [0.1, 0.15) is 0 Å². The molecule has 250 valence electrons. The molecule has 0 aliphatic carbocycles. The molecule has 3 heterocycles. The van der Waals surface area contributed by atoms with E-state index in [9.17, 15) is 14.7 Å². The van der Waals surface area contributed by atoms with Crippen LogP contribution in [0, 0.1) is 0 Å². The van der Waals surface area contributed by atoms with E-state index in [1.54, 1.807) is 0 Å². The Kier molecular flexibility index (Phi) is 11.3. The number of nitrogens with zero attached hydrogens (tertiary/aromatic N) is 2. The maximum absolute atomic E-state index is 12.2. The van der Waals surface area contributed by atoms with Crippen LogP contribution >= 0.6 is 0 Å². The quantitative estimate of drug-likeness (QED) is 0.227. The van der Waals surface area contributed by atoms with Crippen LogP contribution in [-0.2, 0) is 32.2 Å². The number of nitrogens with one attached hydrogen (secondary N) is 1. The minimum atomic E-state index is -0.985. The average Bonchev–Trinajstić information content (AvgIpc) is 3.79. The van der Waals surface area contributed by atoms with E-state index < -0.39 is 12.3 Å². The second-order valence-electron chi connectivity index (χ2n) is 13.1. The molecule has 4 atom stereocenters. The molecule has 0 bridgehead atoms. The maximum Gasteiger partial charge on any atom is 0.303 e. The number of benzene rings is 3. The van der Waals surface area contributed by atoms with Gasteiger partial charge in [-0.3, -0.25) is 14.5 Å². The largest absolute Gasteiger partial charge is 0.481 e. The third-order valence-electron chi connectivity index (χ3n) is 9.77. The number of ether oxygens (including phenoxy) is 2. The molecule has 3 saturated heterocycles. The fraction of sp³-hybridized carbons (Fsp3) is 0.474. The number of likely N-dealkylation sites (tertiary alicyclic amines) is 2. The van der Waals surface area contributed by atoms with Crippen molar-refractivity contribution in [1.82, 2.24) is 15.1 Å². The number of hydrogen-bond acceptors (Lipinski definition) is 7. The molecule has 0 spiro atoms. The van der Waals surface area contributed by atoms with Gasteiger partial charge in [-0.15, -0.1) is 0 Å². The van der Waals surface area contributed by atoms with Gasteiger partial charge in [-0.05, 0) is 73.1 Å². The van der Waals surface area contributed by atoms with Crippen LogP contribution in [0.3, 0.4) is 0 Å². The number of rotatable bonds is 13. The van der Waals surface area contributed by atoms with Crippen LogP contribution in [0.15, 0.2) is 72.8 Å². The van der Waals surface area contributed by atoms with Crippen molar-refractivity contribution in [2.45, 2.75) is 82.6 Å². The number of aliphatic carboxylic acids is 1. The third-order valence-corrected chi connectivity index (χ3v) is 9.77. The average molecular weight is 642 g/mol. The van der Waals surface area contributed by atoms with Gasteiger partial charge in [0.05, 0.1) is 25.2 Å². The number of carbonyl (C=O) groups is 2. The molecule has 9 heteroatoms. The smallest absolute Gasteiger partial charge is 0.303 e. The van der Waals surface area contributed by atoms with Gasteiger partial charge < -0.3 is 29.9 Å². The van der Waals surface area contributed by atoms with E-state index in [2.05, 4.69) is 51.5 Å².